The van der Waals surface area contributed by atoms with E-state index in [1.165, 1.54) is 4.90 Å². The monoisotopic (exact) mass is 704 g/mol. The highest BCUT2D eigenvalue weighted by atomic mass is 19.3. The Bertz CT molecular complexity index is 2080. The van der Waals surface area contributed by atoms with Crippen LogP contribution in [0.1, 0.15) is 82.7 Å². The third-order valence-corrected chi connectivity index (χ3v) is 12.0. The molecule has 1 aliphatic heterocycles. The molecule has 0 spiro atoms. The minimum absolute atomic E-state index is 0.0878. The number of halogens is 2. The van der Waals surface area contributed by atoms with Crippen LogP contribution in [-0.4, -0.2) is 60.6 Å². The normalized spacial score (nSPS) is 21.8. The maximum Gasteiger partial charge on any atom is 0.270 e. The number of carbonyl (C=O) groups is 2. The van der Waals surface area contributed by atoms with Crippen molar-refractivity contribution in [2.75, 3.05) is 13.1 Å². The number of rotatable bonds is 11. The van der Waals surface area contributed by atoms with Crippen LogP contribution in [0.25, 0.3) is 33.6 Å². The molecular formula is C42H46F2N6O2. The summed E-state index contributed by atoms with van der Waals surface area (Å²) >= 11 is 0. The second-order valence-corrected chi connectivity index (χ2v) is 16.1. The average Bonchev–Trinajstić information content (AvgIpc) is 3.96. The van der Waals surface area contributed by atoms with Crippen molar-refractivity contribution < 1.29 is 18.4 Å². The summed E-state index contributed by atoms with van der Waals surface area (Å²) in [5, 5.41) is 0. The van der Waals surface area contributed by atoms with Crippen molar-refractivity contribution in [1.29, 1.82) is 0 Å². The number of amides is 2. The number of alkyl halides is 2. The molecule has 3 heterocycles. The molecule has 0 radical (unpaired) electrons. The highest BCUT2D eigenvalue weighted by Crippen LogP contribution is 2.67. The number of piperidine rings is 1. The number of likely N-dealkylation sites (tertiary alicyclic amines) is 1. The van der Waals surface area contributed by atoms with Crippen LogP contribution in [0.5, 0.6) is 0 Å². The van der Waals surface area contributed by atoms with Gasteiger partial charge in [0.25, 0.3) is 5.92 Å². The molecule has 2 aromatic heterocycles. The van der Waals surface area contributed by atoms with Gasteiger partial charge in [0.2, 0.25) is 11.8 Å². The highest BCUT2D eigenvalue weighted by Gasteiger charge is 2.78. The first-order valence-electron chi connectivity index (χ1n) is 18.6. The summed E-state index contributed by atoms with van der Waals surface area (Å²) in [6.07, 6.45) is 11.7. The van der Waals surface area contributed by atoms with Gasteiger partial charge in [0, 0.05) is 30.6 Å². The second-order valence-electron chi connectivity index (χ2n) is 16.1. The zero-order valence-electron chi connectivity index (χ0n) is 30.4. The van der Waals surface area contributed by atoms with Gasteiger partial charge in [-0.2, -0.15) is 0 Å². The SMILES string of the molecule is C#CCCN(Cc1ncc(-c2ccc(-c3ccc4c(c3)CCc3[nH]c([C@@]56C[C@@H]5C(F)(F)CN6C(=O)CC(C)C)nc3-4)cc2)[nH]1)C(=O)C1(C(C)C)CC1. The lowest BCUT2D eigenvalue weighted by molar-refractivity contribution is -0.139. The summed E-state index contributed by atoms with van der Waals surface area (Å²) in [5.41, 5.74) is 6.62. The molecule has 8 rings (SSSR count). The lowest BCUT2D eigenvalue weighted by atomic mass is 9.89. The van der Waals surface area contributed by atoms with Crippen molar-refractivity contribution in [2.45, 2.75) is 90.6 Å². The van der Waals surface area contributed by atoms with E-state index >= 15 is 8.78 Å². The molecule has 0 bridgehead atoms. The fourth-order valence-corrected chi connectivity index (χ4v) is 8.71. The van der Waals surface area contributed by atoms with E-state index in [0.29, 0.717) is 25.3 Å². The summed E-state index contributed by atoms with van der Waals surface area (Å²) in [6.45, 7) is 8.46. The molecule has 2 amide bonds. The largest absolute Gasteiger partial charge is 0.343 e. The minimum Gasteiger partial charge on any atom is -0.343 e. The van der Waals surface area contributed by atoms with Gasteiger partial charge in [-0.3, -0.25) is 9.59 Å². The second kappa shape index (κ2) is 12.4. The summed E-state index contributed by atoms with van der Waals surface area (Å²) in [4.78, 5) is 46.3. The van der Waals surface area contributed by atoms with Gasteiger partial charge in [-0.25, -0.2) is 18.7 Å². The Balaban J connectivity index is 0.989. The van der Waals surface area contributed by atoms with Crippen molar-refractivity contribution in [3.8, 4) is 46.0 Å². The number of hydrogen-bond acceptors (Lipinski definition) is 4. The Kier molecular flexibility index (Phi) is 8.20. The fraction of sp³-hybridized carbons (Fsp3) is 0.476. The maximum absolute atomic E-state index is 15.0. The van der Waals surface area contributed by atoms with Gasteiger partial charge in [-0.05, 0) is 66.2 Å². The number of H-pyrrole nitrogens is 2. The van der Waals surface area contributed by atoms with Gasteiger partial charge in [0.1, 0.15) is 17.2 Å². The number of aromatic amines is 2. The topological polar surface area (TPSA) is 98.0 Å². The van der Waals surface area contributed by atoms with Crippen LogP contribution in [0.3, 0.4) is 0 Å². The molecule has 52 heavy (non-hydrogen) atoms. The van der Waals surface area contributed by atoms with Crippen LogP contribution in [-0.2, 0) is 34.5 Å². The van der Waals surface area contributed by atoms with Crippen LogP contribution in [0.4, 0.5) is 8.78 Å². The number of nitrogens with one attached hydrogen (secondary N) is 2. The lowest BCUT2D eigenvalue weighted by Gasteiger charge is -2.28. The van der Waals surface area contributed by atoms with Crippen LogP contribution in [0, 0.1) is 35.5 Å². The summed E-state index contributed by atoms with van der Waals surface area (Å²) in [6, 6.07) is 14.7. The van der Waals surface area contributed by atoms with Gasteiger partial charge >= 0.3 is 0 Å². The van der Waals surface area contributed by atoms with E-state index in [1.54, 1.807) is 0 Å². The Labute approximate surface area is 303 Å². The number of carbonyl (C=O) groups excluding carboxylic acids is 2. The molecule has 3 aliphatic carbocycles. The van der Waals surface area contributed by atoms with Crippen LogP contribution < -0.4 is 0 Å². The van der Waals surface area contributed by atoms with E-state index < -0.39 is 23.9 Å². The molecule has 2 N–H and O–H groups in total. The van der Waals surface area contributed by atoms with Crippen molar-refractivity contribution in [1.82, 2.24) is 29.7 Å². The predicted molar refractivity (Wildman–Crippen MR) is 196 cm³/mol. The quantitative estimate of drug-likeness (QED) is 0.156. The standard InChI is InChI=1S/C42H46F2N6O2/c1-6-7-18-49(39(52)40(16-17-40)26(4)5)23-35-45-22-33(46-35)28-10-8-27(9-11-28)29-12-14-31-30(20-29)13-15-32-37(31)48-38(47-32)41-21-34(41)42(43,44)24-50(41)36(51)19-25(2)3/h1,8-12,14,20,22,25-26,34H,7,13,15-19,21,23-24H2,2-5H3,(H,45,46)(H,47,48)/t34-,41+/m0/s1. The first kappa shape index (κ1) is 34.3. The summed E-state index contributed by atoms with van der Waals surface area (Å²) in [7, 11) is 0. The van der Waals surface area contributed by atoms with Gasteiger partial charge in [0.05, 0.1) is 42.0 Å². The summed E-state index contributed by atoms with van der Waals surface area (Å²) < 4.78 is 30.0. The van der Waals surface area contributed by atoms with Gasteiger partial charge in [-0.1, -0.05) is 70.2 Å². The molecule has 1 saturated heterocycles. The number of terminal acetylenes is 1. The fourth-order valence-electron chi connectivity index (χ4n) is 8.71. The Morgan fingerprint density at radius 2 is 1.77 bits per heavy atom. The molecule has 2 aromatic carbocycles. The lowest BCUT2D eigenvalue weighted by Crippen LogP contribution is -2.41. The third kappa shape index (κ3) is 5.64. The van der Waals surface area contributed by atoms with Gasteiger partial charge < -0.3 is 19.8 Å². The number of nitrogens with zero attached hydrogens (tertiary/aromatic N) is 4. The van der Waals surface area contributed by atoms with E-state index in [9.17, 15) is 9.59 Å². The van der Waals surface area contributed by atoms with Crippen molar-refractivity contribution in [2.24, 2.45) is 23.2 Å². The van der Waals surface area contributed by atoms with Crippen molar-refractivity contribution >= 4 is 11.8 Å². The Morgan fingerprint density at radius 1 is 1.04 bits per heavy atom. The maximum atomic E-state index is 15.0. The van der Waals surface area contributed by atoms with Gasteiger partial charge in [0.15, 0.2) is 0 Å². The van der Waals surface area contributed by atoms with E-state index in [2.05, 4.69) is 77.2 Å². The predicted octanol–water partition coefficient (Wildman–Crippen LogP) is 7.76. The molecule has 8 nitrogen and oxygen atoms in total. The molecule has 2 atom stereocenters. The van der Waals surface area contributed by atoms with Crippen LogP contribution in [0.15, 0.2) is 48.7 Å². The first-order valence-corrected chi connectivity index (χ1v) is 18.6. The molecule has 10 heteroatoms. The number of aryl methyl sites for hydroxylation is 2. The number of imidazole rings is 2. The molecule has 270 valence electrons. The van der Waals surface area contributed by atoms with Crippen molar-refractivity contribution in [3.05, 3.63) is 71.6 Å². The molecule has 0 unspecified atom stereocenters. The van der Waals surface area contributed by atoms with Crippen LogP contribution >= 0.6 is 0 Å². The van der Waals surface area contributed by atoms with Gasteiger partial charge in [-0.15, -0.1) is 12.3 Å². The Morgan fingerprint density at radius 3 is 2.44 bits per heavy atom. The zero-order chi connectivity index (χ0) is 36.6. The molecular weight excluding hydrogens is 658 g/mol. The molecule has 3 fully saturated rings. The molecule has 4 aliphatic rings. The molecule has 4 aromatic rings. The van der Waals surface area contributed by atoms with E-state index in [0.717, 1.165) is 76.4 Å². The number of hydrogen-bond donors (Lipinski definition) is 2. The zero-order valence-corrected chi connectivity index (χ0v) is 30.4. The van der Waals surface area contributed by atoms with Crippen molar-refractivity contribution in [3.63, 3.8) is 0 Å². The number of aromatic nitrogens is 4. The Hall–Kier alpha value is -4.78. The number of fused-ring (bicyclic) bond motifs is 4. The molecule has 2 saturated carbocycles. The van der Waals surface area contributed by atoms with E-state index in [1.807, 2.05) is 24.9 Å². The van der Waals surface area contributed by atoms with Crippen LogP contribution in [0.2, 0.25) is 0 Å². The first-order chi connectivity index (χ1) is 24.9. The van der Waals surface area contributed by atoms with E-state index in [4.69, 9.17) is 11.4 Å². The number of benzene rings is 2. The third-order valence-electron chi connectivity index (χ3n) is 12.0. The van der Waals surface area contributed by atoms with E-state index in [-0.39, 0.29) is 41.9 Å². The smallest absolute Gasteiger partial charge is 0.270 e. The minimum atomic E-state index is -2.92. The highest BCUT2D eigenvalue weighted by molar-refractivity contribution is 5.85. The average molecular weight is 705 g/mol. The summed E-state index contributed by atoms with van der Waals surface area (Å²) in [5.74, 6) is 0.404.